The molecule has 0 aliphatic carbocycles. The minimum Gasteiger partial charge on any atom is -0.477 e. The van der Waals surface area contributed by atoms with E-state index in [1.165, 1.54) is 16.2 Å². The lowest BCUT2D eigenvalue weighted by Crippen LogP contribution is -2.53. The van der Waals surface area contributed by atoms with Gasteiger partial charge in [-0.25, -0.2) is 4.79 Å². The molecule has 0 aromatic carbocycles. The van der Waals surface area contributed by atoms with Gasteiger partial charge in [0.05, 0.1) is 6.54 Å². The van der Waals surface area contributed by atoms with Crippen molar-refractivity contribution in [3.05, 3.63) is 21.4 Å². The smallest absolute Gasteiger partial charge is 0.345 e. The molecule has 21 heavy (non-hydrogen) atoms. The summed E-state index contributed by atoms with van der Waals surface area (Å²) in [4.78, 5) is 39.2. The monoisotopic (exact) mass is 310 g/mol. The summed E-state index contributed by atoms with van der Waals surface area (Å²) in [5, 5.41) is 8.99. The van der Waals surface area contributed by atoms with Gasteiger partial charge in [-0.3, -0.25) is 9.59 Å². The van der Waals surface area contributed by atoms with Gasteiger partial charge in [-0.1, -0.05) is 6.92 Å². The molecule has 1 fully saturated rings. The van der Waals surface area contributed by atoms with Crippen molar-refractivity contribution in [1.82, 2.24) is 9.80 Å². The normalized spacial score (nSPS) is 15.7. The summed E-state index contributed by atoms with van der Waals surface area (Å²) in [6, 6.07) is 1.58. The Hall–Kier alpha value is -1.89. The van der Waals surface area contributed by atoms with Crippen molar-refractivity contribution in [3.8, 4) is 0 Å². The Labute approximate surface area is 127 Å². The number of hydrogen-bond acceptors (Lipinski definition) is 4. The minimum atomic E-state index is -0.968. The van der Waals surface area contributed by atoms with Crippen LogP contribution in [0.4, 0.5) is 0 Å². The average Bonchev–Trinajstić information content (AvgIpc) is 2.77. The number of hydrogen-bond donors (Lipinski definition) is 1. The summed E-state index contributed by atoms with van der Waals surface area (Å²) >= 11 is 1.19. The quantitative estimate of drug-likeness (QED) is 0.890. The van der Waals surface area contributed by atoms with Crippen molar-refractivity contribution in [2.45, 2.75) is 26.8 Å². The van der Waals surface area contributed by atoms with Crippen molar-refractivity contribution in [2.24, 2.45) is 0 Å². The van der Waals surface area contributed by atoms with Gasteiger partial charge in [-0.05, 0) is 25.0 Å². The number of nitrogens with zero attached hydrogens (tertiary/aromatic N) is 2. The fourth-order valence-electron chi connectivity index (χ4n) is 2.31. The van der Waals surface area contributed by atoms with Crippen molar-refractivity contribution in [2.75, 3.05) is 19.6 Å². The summed E-state index contributed by atoms with van der Waals surface area (Å²) in [5.41, 5.74) is 0.794. The second kappa shape index (κ2) is 6.26. The first-order chi connectivity index (χ1) is 9.92. The molecule has 0 saturated carbocycles. The Kier molecular flexibility index (Phi) is 4.62. The summed E-state index contributed by atoms with van der Waals surface area (Å²) in [6.07, 6.45) is 0.824. The first kappa shape index (κ1) is 15.5. The maximum absolute atomic E-state index is 12.1. The molecule has 1 aliphatic rings. The number of aryl methyl sites for hydroxylation is 1. The largest absolute Gasteiger partial charge is 0.477 e. The molecule has 114 valence electrons. The van der Waals surface area contributed by atoms with Gasteiger partial charge in [0.15, 0.2) is 0 Å². The molecule has 6 nitrogen and oxygen atoms in total. The van der Waals surface area contributed by atoms with Crippen LogP contribution in [0.1, 0.15) is 33.5 Å². The van der Waals surface area contributed by atoms with E-state index in [9.17, 15) is 14.4 Å². The number of rotatable bonds is 5. The Morgan fingerprint density at radius 2 is 1.90 bits per heavy atom. The molecule has 2 amide bonds. The predicted molar refractivity (Wildman–Crippen MR) is 78.3 cm³/mol. The van der Waals surface area contributed by atoms with Crippen molar-refractivity contribution in [3.63, 3.8) is 0 Å². The third-order valence-corrected chi connectivity index (χ3v) is 4.52. The van der Waals surface area contributed by atoms with Gasteiger partial charge in [0, 0.05) is 18.0 Å². The molecule has 0 radical (unpaired) electrons. The molecule has 0 bridgehead atoms. The molecule has 0 atom stereocenters. The highest BCUT2D eigenvalue weighted by atomic mass is 32.1. The van der Waals surface area contributed by atoms with Crippen LogP contribution in [-0.4, -0.2) is 52.3 Å². The van der Waals surface area contributed by atoms with Crippen molar-refractivity contribution in [1.29, 1.82) is 0 Å². The van der Waals surface area contributed by atoms with E-state index >= 15 is 0 Å². The molecule has 1 aliphatic heterocycles. The molecule has 2 rings (SSSR count). The van der Waals surface area contributed by atoms with Crippen LogP contribution in [0.3, 0.4) is 0 Å². The average molecular weight is 310 g/mol. The van der Waals surface area contributed by atoms with Crippen LogP contribution in [0.15, 0.2) is 6.07 Å². The van der Waals surface area contributed by atoms with E-state index in [-0.39, 0.29) is 29.8 Å². The molecule has 1 saturated heterocycles. The highest BCUT2D eigenvalue weighted by Crippen LogP contribution is 2.23. The van der Waals surface area contributed by atoms with Crippen molar-refractivity contribution >= 4 is 29.1 Å². The number of thiophene rings is 1. The Morgan fingerprint density at radius 3 is 2.48 bits per heavy atom. The highest BCUT2D eigenvalue weighted by Gasteiger charge is 2.29. The fourth-order valence-corrected chi connectivity index (χ4v) is 3.18. The lowest BCUT2D eigenvalue weighted by atomic mass is 10.2. The molecule has 1 aromatic rings. The van der Waals surface area contributed by atoms with Crippen LogP contribution in [0.25, 0.3) is 0 Å². The topological polar surface area (TPSA) is 77.9 Å². The molecular weight excluding hydrogens is 292 g/mol. The number of carbonyl (C=O) groups excluding carboxylic acids is 2. The van der Waals surface area contributed by atoms with Crippen LogP contribution in [-0.2, 0) is 16.1 Å². The number of carbonyl (C=O) groups is 3. The lowest BCUT2D eigenvalue weighted by Gasteiger charge is -2.33. The second-order valence-electron chi connectivity index (χ2n) is 5.06. The van der Waals surface area contributed by atoms with Gasteiger partial charge in [0.25, 0.3) is 0 Å². The van der Waals surface area contributed by atoms with Crippen LogP contribution in [0, 0.1) is 6.92 Å². The summed E-state index contributed by atoms with van der Waals surface area (Å²) in [7, 11) is 0. The number of piperazine rings is 1. The van der Waals surface area contributed by atoms with Crippen LogP contribution < -0.4 is 0 Å². The zero-order chi connectivity index (χ0) is 15.6. The van der Waals surface area contributed by atoms with Crippen molar-refractivity contribution < 1.29 is 19.5 Å². The standard InChI is InChI=1S/C14H18N2O4S/c1-3-4-15-7-13(18)16(8-12(15)17)6-10-5-11(14(19)20)21-9(10)2/h5H,3-4,6-8H2,1-2H3,(H,19,20). The summed E-state index contributed by atoms with van der Waals surface area (Å²) < 4.78 is 0. The maximum atomic E-state index is 12.1. The number of carboxylic acid groups (broad SMARTS) is 1. The second-order valence-corrected chi connectivity index (χ2v) is 6.32. The minimum absolute atomic E-state index is 0.0530. The van der Waals surface area contributed by atoms with Gasteiger partial charge < -0.3 is 14.9 Å². The van der Waals surface area contributed by atoms with Gasteiger partial charge in [0.1, 0.15) is 11.4 Å². The summed E-state index contributed by atoms with van der Waals surface area (Å²) in [5.74, 6) is -1.11. The molecular formula is C14H18N2O4S. The molecule has 1 aromatic heterocycles. The third-order valence-electron chi connectivity index (χ3n) is 3.44. The first-order valence-electron chi connectivity index (χ1n) is 6.80. The zero-order valence-corrected chi connectivity index (χ0v) is 12.9. The number of aromatic carboxylic acids is 1. The van der Waals surface area contributed by atoms with E-state index in [2.05, 4.69) is 0 Å². The van der Waals surface area contributed by atoms with Crippen LogP contribution in [0.5, 0.6) is 0 Å². The summed E-state index contributed by atoms with van der Waals surface area (Å²) in [6.45, 7) is 4.86. The predicted octanol–water partition coefficient (Wildman–Crippen LogP) is 1.34. The van der Waals surface area contributed by atoms with E-state index in [0.29, 0.717) is 13.1 Å². The van der Waals surface area contributed by atoms with E-state index in [4.69, 9.17) is 5.11 Å². The van der Waals surface area contributed by atoms with E-state index in [1.54, 1.807) is 11.0 Å². The van der Waals surface area contributed by atoms with Gasteiger partial charge in [-0.2, -0.15) is 0 Å². The van der Waals surface area contributed by atoms with Crippen LogP contribution in [0.2, 0.25) is 0 Å². The van der Waals surface area contributed by atoms with Gasteiger partial charge in [-0.15, -0.1) is 11.3 Å². The molecule has 7 heteroatoms. The van der Waals surface area contributed by atoms with Crippen LogP contribution >= 0.6 is 11.3 Å². The molecule has 2 heterocycles. The zero-order valence-electron chi connectivity index (χ0n) is 12.1. The van der Waals surface area contributed by atoms with E-state index in [0.717, 1.165) is 16.9 Å². The van der Waals surface area contributed by atoms with E-state index < -0.39 is 5.97 Å². The molecule has 0 spiro atoms. The Bertz CT molecular complexity index is 582. The first-order valence-corrected chi connectivity index (χ1v) is 7.62. The Balaban J connectivity index is 2.08. The van der Waals surface area contributed by atoms with E-state index in [1.807, 2.05) is 13.8 Å². The lowest BCUT2D eigenvalue weighted by molar-refractivity contribution is -0.150. The SMILES string of the molecule is CCCN1CC(=O)N(Cc2cc(C(=O)O)sc2C)CC1=O. The number of carboxylic acids is 1. The van der Waals surface area contributed by atoms with Gasteiger partial charge >= 0.3 is 5.97 Å². The Morgan fingerprint density at radius 1 is 1.29 bits per heavy atom. The maximum Gasteiger partial charge on any atom is 0.345 e. The molecule has 1 N–H and O–H groups in total. The fraction of sp³-hybridized carbons (Fsp3) is 0.500. The molecule has 0 unspecified atom stereocenters. The van der Waals surface area contributed by atoms with Gasteiger partial charge in [0.2, 0.25) is 11.8 Å². The number of amides is 2. The highest BCUT2D eigenvalue weighted by molar-refractivity contribution is 7.14. The third kappa shape index (κ3) is 3.41.